The zero-order chi connectivity index (χ0) is 17.4. The van der Waals surface area contributed by atoms with Crippen LogP contribution in [0.3, 0.4) is 0 Å². The molecule has 0 atom stereocenters. The third kappa shape index (κ3) is 6.13. The molecule has 0 saturated heterocycles. The number of hydrogen-bond donors (Lipinski definition) is 1. The molecule has 0 bridgehead atoms. The minimum atomic E-state index is -0.169. The van der Waals surface area contributed by atoms with Gasteiger partial charge in [-0.2, -0.15) is 0 Å². The molecular formula is C17H21ClN2O3S. The molecule has 1 N–H and O–H groups in total. The lowest BCUT2D eigenvalue weighted by molar-refractivity contribution is 0.0617. The van der Waals surface area contributed by atoms with Gasteiger partial charge in [0.25, 0.3) is 0 Å². The maximum Gasteiger partial charge on any atom is 0.321 e. The molecule has 1 aromatic carbocycles. The minimum Gasteiger partial charge on any atom is -0.382 e. The van der Waals surface area contributed by atoms with Crippen LogP contribution in [-0.4, -0.2) is 38.3 Å². The second kappa shape index (κ2) is 9.64. The largest absolute Gasteiger partial charge is 0.382 e. The summed E-state index contributed by atoms with van der Waals surface area (Å²) in [5.74, 6) is 0. The first-order valence-electron chi connectivity index (χ1n) is 7.50. The summed E-state index contributed by atoms with van der Waals surface area (Å²) in [7, 11) is 3.39. The van der Waals surface area contributed by atoms with E-state index in [-0.39, 0.29) is 6.03 Å². The highest BCUT2D eigenvalue weighted by atomic mass is 35.5. The van der Waals surface area contributed by atoms with Gasteiger partial charge in [0, 0.05) is 24.7 Å². The van der Waals surface area contributed by atoms with Crippen LogP contribution in [0.5, 0.6) is 0 Å². The summed E-state index contributed by atoms with van der Waals surface area (Å²) in [6.07, 6.45) is 0. The third-order valence-electron chi connectivity index (χ3n) is 3.25. The van der Waals surface area contributed by atoms with E-state index in [1.165, 1.54) is 11.3 Å². The summed E-state index contributed by atoms with van der Waals surface area (Å²) >= 11 is 7.38. The van der Waals surface area contributed by atoms with Gasteiger partial charge >= 0.3 is 6.03 Å². The number of amides is 2. The van der Waals surface area contributed by atoms with Gasteiger partial charge in [-0.1, -0.05) is 23.7 Å². The van der Waals surface area contributed by atoms with Crippen molar-refractivity contribution in [2.45, 2.75) is 13.2 Å². The molecule has 0 aliphatic carbocycles. The van der Waals surface area contributed by atoms with Crippen LogP contribution in [0.4, 0.5) is 10.5 Å². The maximum absolute atomic E-state index is 12.3. The molecule has 2 amide bonds. The van der Waals surface area contributed by atoms with Crippen LogP contribution in [0.15, 0.2) is 36.4 Å². The van der Waals surface area contributed by atoms with Crippen molar-refractivity contribution < 1.29 is 14.3 Å². The minimum absolute atomic E-state index is 0.169. The zero-order valence-corrected chi connectivity index (χ0v) is 15.3. The average Bonchev–Trinajstić information content (AvgIpc) is 2.97. The van der Waals surface area contributed by atoms with Crippen molar-refractivity contribution in [2.24, 2.45) is 0 Å². The zero-order valence-electron chi connectivity index (χ0n) is 13.8. The molecule has 0 fully saturated rings. The second-order valence-corrected chi connectivity index (χ2v) is 7.04. The number of halogens is 1. The smallest absolute Gasteiger partial charge is 0.321 e. The number of nitrogens with zero attached hydrogens (tertiary/aromatic N) is 1. The molecule has 5 nitrogen and oxygen atoms in total. The van der Waals surface area contributed by atoms with E-state index in [0.29, 0.717) is 26.4 Å². The van der Waals surface area contributed by atoms with Crippen molar-refractivity contribution in [2.75, 3.05) is 32.7 Å². The summed E-state index contributed by atoms with van der Waals surface area (Å²) in [5, 5.41) is 2.89. The van der Waals surface area contributed by atoms with Crippen molar-refractivity contribution in [3.8, 4) is 0 Å². The number of nitrogens with one attached hydrogen (secondary N) is 1. The van der Waals surface area contributed by atoms with E-state index in [0.717, 1.165) is 20.5 Å². The Morgan fingerprint density at radius 3 is 2.83 bits per heavy atom. The Kier molecular flexibility index (Phi) is 7.52. The highest BCUT2D eigenvalue weighted by Gasteiger charge is 2.11. The molecule has 2 aromatic rings. The molecular weight excluding hydrogens is 348 g/mol. The van der Waals surface area contributed by atoms with Crippen LogP contribution in [0, 0.1) is 0 Å². The SMILES string of the molecule is COCCOCc1cccc(NC(=O)N(C)Cc2ccc(Cl)s2)c1. The standard InChI is InChI=1S/C17H21ClN2O3S/c1-20(11-15-6-7-16(18)24-15)17(21)19-14-5-3-4-13(10-14)12-23-9-8-22-2/h3-7,10H,8-9,11-12H2,1-2H3,(H,19,21). The lowest BCUT2D eigenvalue weighted by atomic mass is 10.2. The summed E-state index contributed by atoms with van der Waals surface area (Å²) in [6, 6.07) is 11.2. The van der Waals surface area contributed by atoms with Crippen molar-refractivity contribution in [3.05, 3.63) is 51.2 Å². The Bertz CT molecular complexity index is 663. The molecule has 24 heavy (non-hydrogen) atoms. The van der Waals surface area contributed by atoms with Gasteiger partial charge in [0.2, 0.25) is 0 Å². The first kappa shape index (κ1) is 18.7. The first-order valence-corrected chi connectivity index (χ1v) is 8.70. The first-order chi connectivity index (χ1) is 11.6. The average molecular weight is 369 g/mol. The Labute approximate surface area is 151 Å². The number of methoxy groups -OCH3 is 1. The van der Waals surface area contributed by atoms with Gasteiger partial charge in [0.1, 0.15) is 0 Å². The third-order valence-corrected chi connectivity index (χ3v) is 4.46. The number of carbonyl (C=O) groups excluding carboxylic acids is 1. The monoisotopic (exact) mass is 368 g/mol. The summed E-state index contributed by atoms with van der Waals surface area (Å²) in [4.78, 5) is 14.9. The molecule has 0 aliphatic heterocycles. The topological polar surface area (TPSA) is 50.8 Å². The van der Waals surface area contributed by atoms with E-state index >= 15 is 0 Å². The number of urea groups is 1. The van der Waals surface area contributed by atoms with Crippen LogP contribution >= 0.6 is 22.9 Å². The van der Waals surface area contributed by atoms with Crippen LogP contribution < -0.4 is 5.32 Å². The predicted octanol–water partition coefficient (Wildman–Crippen LogP) is 4.23. The van der Waals surface area contributed by atoms with Crippen LogP contribution in [-0.2, 0) is 22.6 Å². The fraction of sp³-hybridized carbons (Fsp3) is 0.353. The maximum atomic E-state index is 12.3. The number of benzene rings is 1. The Hall–Kier alpha value is -1.60. The highest BCUT2D eigenvalue weighted by Crippen LogP contribution is 2.22. The molecule has 0 saturated carbocycles. The van der Waals surface area contributed by atoms with E-state index in [4.69, 9.17) is 21.1 Å². The van der Waals surface area contributed by atoms with Gasteiger partial charge in [0.15, 0.2) is 0 Å². The van der Waals surface area contributed by atoms with Gasteiger partial charge in [0.05, 0.1) is 30.7 Å². The Balaban J connectivity index is 1.86. The number of carbonyl (C=O) groups is 1. The fourth-order valence-corrected chi connectivity index (χ4v) is 3.17. The second-order valence-electron chi connectivity index (χ2n) is 5.24. The summed E-state index contributed by atoms with van der Waals surface area (Å²) in [5.41, 5.74) is 1.74. The van der Waals surface area contributed by atoms with Gasteiger partial charge in [-0.25, -0.2) is 4.79 Å². The molecule has 0 aliphatic rings. The van der Waals surface area contributed by atoms with E-state index in [9.17, 15) is 4.79 Å². The van der Waals surface area contributed by atoms with Crippen molar-refractivity contribution in [1.29, 1.82) is 0 Å². The van der Waals surface area contributed by atoms with Gasteiger partial charge < -0.3 is 19.7 Å². The van der Waals surface area contributed by atoms with E-state index in [1.54, 1.807) is 19.1 Å². The van der Waals surface area contributed by atoms with Gasteiger partial charge in [-0.15, -0.1) is 11.3 Å². The van der Waals surface area contributed by atoms with Crippen LogP contribution in [0.25, 0.3) is 0 Å². The van der Waals surface area contributed by atoms with E-state index < -0.39 is 0 Å². The lowest BCUT2D eigenvalue weighted by Crippen LogP contribution is -2.30. The molecule has 0 radical (unpaired) electrons. The number of thiophene rings is 1. The van der Waals surface area contributed by atoms with Crippen LogP contribution in [0.1, 0.15) is 10.4 Å². The molecule has 1 aromatic heterocycles. The highest BCUT2D eigenvalue weighted by molar-refractivity contribution is 7.16. The quantitative estimate of drug-likeness (QED) is 0.709. The molecule has 2 rings (SSSR count). The number of anilines is 1. The van der Waals surface area contributed by atoms with E-state index in [1.807, 2.05) is 36.4 Å². The fourth-order valence-electron chi connectivity index (χ4n) is 2.03. The lowest BCUT2D eigenvalue weighted by Gasteiger charge is -2.17. The van der Waals surface area contributed by atoms with E-state index in [2.05, 4.69) is 5.32 Å². The van der Waals surface area contributed by atoms with Crippen molar-refractivity contribution in [3.63, 3.8) is 0 Å². The van der Waals surface area contributed by atoms with Crippen LogP contribution in [0.2, 0.25) is 4.34 Å². The van der Waals surface area contributed by atoms with Crippen molar-refractivity contribution >= 4 is 34.7 Å². The normalized spacial score (nSPS) is 10.6. The predicted molar refractivity (Wildman–Crippen MR) is 97.8 cm³/mol. The summed E-state index contributed by atoms with van der Waals surface area (Å²) in [6.45, 7) is 2.10. The van der Waals surface area contributed by atoms with Crippen molar-refractivity contribution in [1.82, 2.24) is 4.90 Å². The number of hydrogen-bond acceptors (Lipinski definition) is 4. The molecule has 7 heteroatoms. The van der Waals surface area contributed by atoms with Gasteiger partial charge in [-0.05, 0) is 29.8 Å². The Morgan fingerprint density at radius 1 is 1.29 bits per heavy atom. The molecule has 1 heterocycles. The Morgan fingerprint density at radius 2 is 2.12 bits per heavy atom. The number of ether oxygens (including phenoxy) is 2. The summed E-state index contributed by atoms with van der Waals surface area (Å²) < 4.78 is 11.1. The molecule has 130 valence electrons. The molecule has 0 spiro atoms. The molecule has 0 unspecified atom stereocenters. The van der Waals surface area contributed by atoms with Gasteiger partial charge in [-0.3, -0.25) is 0 Å². The number of rotatable bonds is 8.